The number of esters is 1. The van der Waals surface area contributed by atoms with E-state index in [0.29, 0.717) is 27.3 Å². The fourth-order valence-corrected chi connectivity index (χ4v) is 4.65. The van der Waals surface area contributed by atoms with Gasteiger partial charge in [-0.05, 0) is 66.8 Å². The third-order valence-electron chi connectivity index (χ3n) is 5.50. The number of anilines is 1. The molecule has 0 spiro atoms. The number of thioether (sulfide) groups is 1. The highest BCUT2D eigenvalue weighted by Crippen LogP contribution is 2.25. The van der Waals surface area contributed by atoms with Crippen molar-refractivity contribution in [1.82, 2.24) is 0 Å². The second-order valence-electron chi connectivity index (χ2n) is 7.86. The van der Waals surface area contributed by atoms with Gasteiger partial charge in [0.05, 0.1) is 22.9 Å². The predicted octanol–water partition coefficient (Wildman–Crippen LogP) is 4.82. The minimum Gasteiger partial charge on any atom is -0.454 e. The van der Waals surface area contributed by atoms with Gasteiger partial charge < -0.3 is 10.1 Å². The van der Waals surface area contributed by atoms with Crippen molar-refractivity contribution in [1.29, 1.82) is 5.26 Å². The van der Waals surface area contributed by atoms with Crippen LogP contribution in [0, 0.1) is 11.3 Å². The fourth-order valence-electron chi connectivity index (χ4n) is 3.81. The fraction of sp³-hybridized carbons (Fsp3) is 0.185. The molecule has 0 fully saturated rings. The molecule has 1 aliphatic rings. The number of hydrogen-bond acceptors (Lipinski definition) is 6. The van der Waals surface area contributed by atoms with Crippen molar-refractivity contribution in [3.63, 3.8) is 0 Å². The number of nitriles is 1. The average molecular weight is 471 g/mol. The van der Waals surface area contributed by atoms with Gasteiger partial charge in [-0.2, -0.15) is 5.26 Å². The van der Waals surface area contributed by atoms with E-state index in [0.717, 1.165) is 19.3 Å². The average Bonchev–Trinajstić information content (AvgIpc) is 3.34. The summed E-state index contributed by atoms with van der Waals surface area (Å²) < 4.78 is 5.30. The van der Waals surface area contributed by atoms with Gasteiger partial charge in [0.15, 0.2) is 12.4 Å². The van der Waals surface area contributed by atoms with Gasteiger partial charge in [0.25, 0.3) is 0 Å². The first kappa shape index (κ1) is 23.3. The van der Waals surface area contributed by atoms with E-state index < -0.39 is 5.97 Å². The van der Waals surface area contributed by atoms with Crippen LogP contribution in [0.25, 0.3) is 0 Å². The van der Waals surface area contributed by atoms with Gasteiger partial charge in [-0.15, -0.1) is 11.8 Å². The van der Waals surface area contributed by atoms with Gasteiger partial charge in [-0.3, -0.25) is 9.59 Å². The Labute approximate surface area is 201 Å². The van der Waals surface area contributed by atoms with E-state index in [1.54, 1.807) is 54.6 Å². The third kappa shape index (κ3) is 5.72. The maximum Gasteiger partial charge on any atom is 0.339 e. The molecule has 34 heavy (non-hydrogen) atoms. The standard InChI is InChI=1S/C27H22N2O4S/c28-15-18-5-3-8-22(13-18)29-26(31)17-34-25-10-2-1-9-23(25)27(32)33-16-24(30)21-12-11-19-6-4-7-20(19)14-21/h1-3,5,8-14H,4,6-7,16-17H2,(H,29,31). The van der Waals surface area contributed by atoms with E-state index >= 15 is 0 Å². The molecule has 0 saturated heterocycles. The van der Waals surface area contributed by atoms with Crippen molar-refractivity contribution >= 4 is 35.1 Å². The number of nitrogens with one attached hydrogen (secondary N) is 1. The van der Waals surface area contributed by atoms with E-state index in [9.17, 15) is 14.4 Å². The number of rotatable bonds is 8. The molecular formula is C27H22N2O4S. The van der Waals surface area contributed by atoms with Crippen LogP contribution in [0.2, 0.25) is 0 Å². The molecule has 0 atom stereocenters. The molecule has 0 radical (unpaired) electrons. The van der Waals surface area contributed by atoms with Gasteiger partial charge in [0, 0.05) is 16.1 Å². The molecule has 0 aliphatic heterocycles. The lowest BCUT2D eigenvalue weighted by molar-refractivity contribution is -0.113. The zero-order valence-corrected chi connectivity index (χ0v) is 19.2. The summed E-state index contributed by atoms with van der Waals surface area (Å²) in [5.74, 6) is -1.06. The Kier molecular flexibility index (Phi) is 7.41. The number of ether oxygens (including phenoxy) is 1. The van der Waals surface area contributed by atoms with Crippen LogP contribution < -0.4 is 5.32 Å². The molecule has 3 aromatic carbocycles. The smallest absolute Gasteiger partial charge is 0.339 e. The summed E-state index contributed by atoms with van der Waals surface area (Å²) in [6, 6.07) is 21.1. The van der Waals surface area contributed by atoms with Crippen LogP contribution in [0.4, 0.5) is 5.69 Å². The Hall–Kier alpha value is -3.89. The number of nitrogens with zero attached hydrogens (tertiary/aromatic N) is 1. The number of fused-ring (bicyclic) bond motifs is 1. The first-order valence-corrected chi connectivity index (χ1v) is 11.9. The third-order valence-corrected chi connectivity index (χ3v) is 6.57. The molecule has 0 saturated carbocycles. The number of aryl methyl sites for hydroxylation is 2. The molecule has 6 nitrogen and oxygen atoms in total. The van der Waals surface area contributed by atoms with Crippen LogP contribution in [0.1, 0.15) is 43.8 Å². The summed E-state index contributed by atoms with van der Waals surface area (Å²) in [5, 5.41) is 11.7. The highest BCUT2D eigenvalue weighted by molar-refractivity contribution is 8.00. The molecule has 0 bridgehead atoms. The molecular weight excluding hydrogens is 448 g/mol. The highest BCUT2D eigenvalue weighted by atomic mass is 32.2. The van der Waals surface area contributed by atoms with Crippen molar-refractivity contribution in [2.45, 2.75) is 24.2 Å². The summed E-state index contributed by atoms with van der Waals surface area (Å²) in [6.07, 6.45) is 3.11. The molecule has 1 amide bonds. The predicted molar refractivity (Wildman–Crippen MR) is 130 cm³/mol. The summed E-state index contributed by atoms with van der Waals surface area (Å²) in [7, 11) is 0. The summed E-state index contributed by atoms with van der Waals surface area (Å²) >= 11 is 1.19. The lowest BCUT2D eigenvalue weighted by Crippen LogP contribution is -2.16. The maximum absolute atomic E-state index is 12.7. The summed E-state index contributed by atoms with van der Waals surface area (Å²) in [5.41, 5.74) is 4.30. The Morgan fingerprint density at radius 1 is 0.971 bits per heavy atom. The van der Waals surface area contributed by atoms with E-state index in [1.807, 2.05) is 18.2 Å². The van der Waals surface area contributed by atoms with Gasteiger partial charge in [0.1, 0.15) is 0 Å². The molecule has 7 heteroatoms. The van der Waals surface area contributed by atoms with Crippen LogP contribution in [0.3, 0.4) is 0 Å². The molecule has 170 valence electrons. The van der Waals surface area contributed by atoms with Crippen LogP contribution in [-0.2, 0) is 22.4 Å². The highest BCUT2D eigenvalue weighted by Gasteiger charge is 2.18. The molecule has 0 heterocycles. The number of ketones is 1. The first-order valence-electron chi connectivity index (χ1n) is 10.9. The van der Waals surface area contributed by atoms with E-state index in [4.69, 9.17) is 10.00 Å². The lowest BCUT2D eigenvalue weighted by Gasteiger charge is -2.10. The number of hydrogen-bond donors (Lipinski definition) is 1. The van der Waals surface area contributed by atoms with Crippen molar-refractivity contribution in [2.24, 2.45) is 0 Å². The number of carbonyl (C=O) groups excluding carboxylic acids is 3. The quantitative estimate of drug-likeness (QED) is 0.288. The topological polar surface area (TPSA) is 96.3 Å². The SMILES string of the molecule is N#Cc1cccc(NC(=O)CSc2ccccc2C(=O)OCC(=O)c2ccc3c(c2)CCC3)c1. The monoisotopic (exact) mass is 470 g/mol. The molecule has 1 aliphatic carbocycles. The van der Waals surface area contributed by atoms with E-state index in [-0.39, 0.29) is 24.1 Å². The van der Waals surface area contributed by atoms with Crippen molar-refractivity contribution in [3.05, 3.63) is 94.5 Å². The van der Waals surface area contributed by atoms with E-state index in [1.165, 1.54) is 22.9 Å². The molecule has 0 unspecified atom stereocenters. The van der Waals surface area contributed by atoms with Crippen molar-refractivity contribution < 1.29 is 19.1 Å². The van der Waals surface area contributed by atoms with Crippen molar-refractivity contribution in [2.75, 3.05) is 17.7 Å². The molecule has 1 N–H and O–H groups in total. The Bertz CT molecular complexity index is 1300. The second-order valence-corrected chi connectivity index (χ2v) is 8.88. The van der Waals surface area contributed by atoms with Crippen molar-refractivity contribution in [3.8, 4) is 6.07 Å². The van der Waals surface area contributed by atoms with Crippen LogP contribution in [-0.4, -0.2) is 30.0 Å². The van der Waals surface area contributed by atoms with Gasteiger partial charge in [-0.25, -0.2) is 4.79 Å². The van der Waals surface area contributed by atoms with Gasteiger partial charge >= 0.3 is 5.97 Å². The van der Waals surface area contributed by atoms with Gasteiger partial charge in [0.2, 0.25) is 5.91 Å². The molecule has 0 aromatic heterocycles. The van der Waals surface area contributed by atoms with E-state index in [2.05, 4.69) is 5.32 Å². The Balaban J connectivity index is 1.34. The Morgan fingerprint density at radius 3 is 2.65 bits per heavy atom. The zero-order valence-electron chi connectivity index (χ0n) is 18.4. The number of carbonyl (C=O) groups is 3. The Morgan fingerprint density at radius 2 is 1.79 bits per heavy atom. The summed E-state index contributed by atoms with van der Waals surface area (Å²) in [4.78, 5) is 38.1. The maximum atomic E-state index is 12.7. The molecule has 3 aromatic rings. The minimum atomic E-state index is -0.611. The normalized spacial score (nSPS) is 11.9. The van der Waals surface area contributed by atoms with Crippen LogP contribution in [0.15, 0.2) is 71.6 Å². The van der Waals surface area contributed by atoms with Crippen LogP contribution >= 0.6 is 11.8 Å². The minimum absolute atomic E-state index is 0.0646. The number of Topliss-reactive ketones (excluding diaryl/α,β-unsaturated/α-hetero) is 1. The largest absolute Gasteiger partial charge is 0.454 e. The van der Waals surface area contributed by atoms with Gasteiger partial charge in [-0.1, -0.05) is 30.3 Å². The lowest BCUT2D eigenvalue weighted by atomic mass is 10.0. The number of benzene rings is 3. The summed E-state index contributed by atoms with van der Waals surface area (Å²) in [6.45, 7) is -0.341. The molecule has 4 rings (SSSR count). The number of amides is 1. The van der Waals surface area contributed by atoms with Crippen LogP contribution in [0.5, 0.6) is 0 Å². The second kappa shape index (κ2) is 10.8. The zero-order chi connectivity index (χ0) is 23.9. The first-order chi connectivity index (χ1) is 16.5.